The molecule has 0 fully saturated rings. The summed E-state index contributed by atoms with van der Waals surface area (Å²) in [6.07, 6.45) is 1.64. The van der Waals surface area contributed by atoms with Gasteiger partial charge >= 0.3 is 0 Å². The molecule has 0 saturated heterocycles. The Hall–Kier alpha value is -2.65. The van der Waals surface area contributed by atoms with Gasteiger partial charge in [0.05, 0.1) is 11.6 Å². The lowest BCUT2D eigenvalue weighted by Crippen LogP contribution is -1.84. The summed E-state index contributed by atoms with van der Waals surface area (Å²) in [7, 11) is 0. The molecule has 3 heteroatoms. The van der Waals surface area contributed by atoms with Crippen molar-refractivity contribution in [1.82, 2.24) is 4.98 Å². The van der Waals surface area contributed by atoms with Crippen molar-refractivity contribution in [3.05, 3.63) is 65.2 Å². The molecule has 1 aromatic heterocycles. The van der Waals surface area contributed by atoms with Gasteiger partial charge in [-0.2, -0.15) is 5.26 Å². The molecule has 0 aliphatic carbocycles. The topological polar surface area (TPSA) is 36.7 Å². The minimum absolute atomic E-state index is 0.260. The first-order valence-corrected chi connectivity index (χ1v) is 4.92. The summed E-state index contributed by atoms with van der Waals surface area (Å²) in [6.45, 7) is 0. The minimum Gasteiger partial charge on any atom is -0.248 e. The number of hydrogen-bond donors (Lipinski definition) is 0. The van der Waals surface area contributed by atoms with Gasteiger partial charge in [-0.15, -0.1) is 0 Å². The van der Waals surface area contributed by atoms with Crippen molar-refractivity contribution in [2.45, 2.75) is 0 Å². The summed E-state index contributed by atoms with van der Waals surface area (Å²) in [5.41, 5.74) is 1.33. The number of pyridine rings is 1. The molecule has 0 saturated carbocycles. The zero-order chi connectivity index (χ0) is 12.1. The minimum atomic E-state index is -0.464. The predicted octanol–water partition coefficient (Wildman–Crippen LogP) is 2.49. The van der Waals surface area contributed by atoms with Crippen LogP contribution in [0.5, 0.6) is 0 Å². The van der Waals surface area contributed by atoms with Gasteiger partial charge in [-0.1, -0.05) is 12.0 Å². The van der Waals surface area contributed by atoms with E-state index in [0.29, 0.717) is 11.3 Å². The highest BCUT2D eigenvalue weighted by Gasteiger charge is 1.97. The van der Waals surface area contributed by atoms with Crippen molar-refractivity contribution >= 4 is 0 Å². The Morgan fingerprint density at radius 2 is 1.88 bits per heavy atom. The van der Waals surface area contributed by atoms with Crippen LogP contribution in [-0.2, 0) is 0 Å². The van der Waals surface area contributed by atoms with Gasteiger partial charge in [-0.25, -0.2) is 9.37 Å². The number of nitriles is 1. The van der Waals surface area contributed by atoms with Crippen LogP contribution in [0.1, 0.15) is 16.8 Å². The Morgan fingerprint density at radius 3 is 2.59 bits per heavy atom. The molecule has 1 heterocycles. The Kier molecular flexibility index (Phi) is 3.14. The molecule has 0 radical (unpaired) electrons. The molecular weight excluding hydrogens is 214 g/mol. The average molecular weight is 221 g/mol. The zero-order valence-electron chi connectivity index (χ0n) is 8.81. The molecule has 0 atom stereocenters. The van der Waals surface area contributed by atoms with Crippen molar-refractivity contribution in [3.63, 3.8) is 0 Å². The van der Waals surface area contributed by atoms with E-state index in [9.17, 15) is 4.39 Å². The highest BCUT2D eigenvalue weighted by molar-refractivity contribution is 5.44. The number of rotatable bonds is 0. The molecule has 2 aromatic rings. The van der Waals surface area contributed by atoms with Crippen LogP contribution in [0.2, 0.25) is 0 Å². The first kappa shape index (κ1) is 10.9. The lowest BCUT2D eigenvalue weighted by Gasteiger charge is -1.93. The third-order valence-electron chi connectivity index (χ3n) is 2.03. The van der Waals surface area contributed by atoms with Gasteiger partial charge in [0.2, 0.25) is 0 Å². The normalized spacial score (nSPS) is 8.94. The van der Waals surface area contributed by atoms with Crippen LogP contribution in [0.3, 0.4) is 0 Å². The number of nitrogens with zero attached hydrogens (tertiary/aromatic N) is 2. The van der Waals surface area contributed by atoms with Crippen molar-refractivity contribution < 1.29 is 4.39 Å². The number of benzene rings is 1. The maximum atomic E-state index is 13.1. The van der Waals surface area contributed by atoms with E-state index in [0.717, 1.165) is 0 Å². The molecule has 80 valence electrons. The maximum absolute atomic E-state index is 13.1. The SMILES string of the molecule is N#Cc1cc([18F])cc(C#Cc2ccccn2)c1. The van der Waals surface area contributed by atoms with Crippen LogP contribution in [0.15, 0.2) is 42.6 Å². The van der Waals surface area contributed by atoms with Crippen molar-refractivity contribution in [2.75, 3.05) is 0 Å². The second-order valence-electron chi connectivity index (χ2n) is 3.31. The first-order chi connectivity index (χ1) is 8.28. The van der Waals surface area contributed by atoms with Crippen LogP contribution in [0.4, 0.5) is 4.39 Å². The van der Waals surface area contributed by atoms with E-state index in [-0.39, 0.29) is 5.56 Å². The summed E-state index contributed by atoms with van der Waals surface area (Å²) in [5, 5.41) is 8.69. The Morgan fingerprint density at radius 1 is 1.06 bits per heavy atom. The average Bonchev–Trinajstić information content (AvgIpc) is 2.37. The third kappa shape index (κ3) is 2.90. The number of hydrogen-bond acceptors (Lipinski definition) is 2. The molecule has 17 heavy (non-hydrogen) atoms. The summed E-state index contributed by atoms with van der Waals surface area (Å²) < 4.78 is 13.1. The van der Waals surface area contributed by atoms with E-state index in [4.69, 9.17) is 5.26 Å². The standard InChI is InChI=1S/C14H7FN2/c15-13-8-11(7-12(9-13)10-16)4-5-14-3-1-2-6-17-14/h1-3,6-9H/i15-1. The maximum Gasteiger partial charge on any atom is 0.125 e. The molecule has 0 N–H and O–H groups in total. The Balaban J connectivity index is 2.35. The molecule has 0 unspecified atom stereocenters. The molecule has 0 bridgehead atoms. The van der Waals surface area contributed by atoms with Gasteiger partial charge in [0.15, 0.2) is 0 Å². The molecular formula is C14H7FN2. The second-order valence-corrected chi connectivity index (χ2v) is 3.31. The highest BCUT2D eigenvalue weighted by atomic mass is 18.2. The molecule has 0 amide bonds. The van der Waals surface area contributed by atoms with Gasteiger partial charge in [-0.05, 0) is 36.3 Å². The fraction of sp³-hybridized carbons (Fsp3) is 0. The summed E-state index contributed by atoms with van der Waals surface area (Å²) in [5.74, 6) is 5.11. The summed E-state index contributed by atoms with van der Waals surface area (Å²) >= 11 is 0. The quantitative estimate of drug-likeness (QED) is 0.641. The smallest absolute Gasteiger partial charge is 0.125 e. The summed E-state index contributed by atoms with van der Waals surface area (Å²) in [6, 6.07) is 11.3. The number of halogens is 1. The van der Waals surface area contributed by atoms with Crippen LogP contribution >= 0.6 is 0 Å². The van der Waals surface area contributed by atoms with Gasteiger partial charge < -0.3 is 0 Å². The fourth-order valence-electron chi connectivity index (χ4n) is 1.30. The van der Waals surface area contributed by atoms with E-state index < -0.39 is 5.82 Å². The van der Waals surface area contributed by atoms with E-state index in [1.807, 2.05) is 12.1 Å². The van der Waals surface area contributed by atoms with Gasteiger partial charge in [0.25, 0.3) is 0 Å². The van der Waals surface area contributed by atoms with Gasteiger partial charge in [0.1, 0.15) is 11.5 Å². The van der Waals surface area contributed by atoms with Gasteiger partial charge in [-0.3, -0.25) is 0 Å². The fourth-order valence-corrected chi connectivity index (χ4v) is 1.30. The lowest BCUT2D eigenvalue weighted by atomic mass is 10.1. The van der Waals surface area contributed by atoms with Crippen molar-refractivity contribution in [1.29, 1.82) is 5.26 Å². The molecule has 2 rings (SSSR count). The molecule has 0 spiro atoms. The van der Waals surface area contributed by atoms with Crippen molar-refractivity contribution in [3.8, 4) is 17.9 Å². The predicted molar refractivity (Wildman–Crippen MR) is 61.3 cm³/mol. The van der Waals surface area contributed by atoms with E-state index in [1.165, 1.54) is 12.1 Å². The van der Waals surface area contributed by atoms with E-state index >= 15 is 0 Å². The van der Waals surface area contributed by atoms with E-state index in [1.54, 1.807) is 24.4 Å². The molecule has 1 aromatic carbocycles. The Labute approximate surface area is 98.4 Å². The van der Waals surface area contributed by atoms with Crippen LogP contribution < -0.4 is 0 Å². The second kappa shape index (κ2) is 4.92. The first-order valence-electron chi connectivity index (χ1n) is 4.92. The van der Waals surface area contributed by atoms with Crippen LogP contribution in [0.25, 0.3) is 0 Å². The third-order valence-corrected chi connectivity index (χ3v) is 2.03. The van der Waals surface area contributed by atoms with Gasteiger partial charge in [0, 0.05) is 11.8 Å². The Bertz CT molecular complexity index is 631. The van der Waals surface area contributed by atoms with Crippen LogP contribution in [-0.4, -0.2) is 4.98 Å². The monoisotopic (exact) mass is 221 g/mol. The lowest BCUT2D eigenvalue weighted by molar-refractivity contribution is 0.627. The van der Waals surface area contributed by atoms with E-state index in [2.05, 4.69) is 16.8 Å². The molecule has 0 aliphatic rings. The zero-order valence-corrected chi connectivity index (χ0v) is 8.81. The summed E-state index contributed by atoms with van der Waals surface area (Å²) in [4.78, 5) is 4.03. The largest absolute Gasteiger partial charge is 0.248 e. The molecule has 0 aliphatic heterocycles. The van der Waals surface area contributed by atoms with Crippen molar-refractivity contribution in [2.24, 2.45) is 0 Å². The number of aromatic nitrogens is 1. The molecule has 2 nitrogen and oxygen atoms in total. The highest BCUT2D eigenvalue weighted by Crippen LogP contribution is 2.07. The van der Waals surface area contributed by atoms with Crippen LogP contribution in [0, 0.1) is 29.0 Å².